The third-order valence-corrected chi connectivity index (χ3v) is 5.84. The van der Waals surface area contributed by atoms with Gasteiger partial charge in [0.05, 0.1) is 22.7 Å². The first kappa shape index (κ1) is 20.9. The van der Waals surface area contributed by atoms with Crippen LogP contribution in [-0.4, -0.2) is 26.8 Å². The van der Waals surface area contributed by atoms with Crippen molar-refractivity contribution in [1.29, 1.82) is 0 Å². The lowest BCUT2D eigenvalue weighted by Gasteiger charge is -2.12. The first-order chi connectivity index (χ1) is 15.1. The van der Waals surface area contributed by atoms with Crippen LogP contribution in [0, 0.1) is 10.1 Å². The number of hydrogen-bond acceptors (Lipinski definition) is 6. The van der Waals surface area contributed by atoms with Crippen molar-refractivity contribution in [2.24, 2.45) is 0 Å². The Morgan fingerprint density at radius 3 is 2.58 bits per heavy atom. The zero-order valence-electron chi connectivity index (χ0n) is 16.4. The summed E-state index contributed by atoms with van der Waals surface area (Å²) in [5.74, 6) is 1.74. The van der Waals surface area contributed by atoms with E-state index in [-0.39, 0.29) is 5.69 Å². The Kier molecular flexibility index (Phi) is 6.20. The van der Waals surface area contributed by atoms with Gasteiger partial charge in [-0.2, -0.15) is 0 Å². The molecule has 0 amide bonds. The first-order valence-corrected chi connectivity index (χ1v) is 10.6. The van der Waals surface area contributed by atoms with Gasteiger partial charge in [-0.05, 0) is 23.8 Å². The maximum Gasteiger partial charge on any atom is 0.269 e. The number of non-ortho nitro benzene ring substituents is 1. The molecule has 0 radical (unpaired) electrons. The van der Waals surface area contributed by atoms with Crippen LogP contribution >= 0.6 is 23.4 Å². The molecule has 0 N–H and O–H groups in total. The quantitative estimate of drug-likeness (QED) is 0.200. The van der Waals surface area contributed by atoms with E-state index in [0.717, 1.165) is 16.8 Å². The minimum Gasteiger partial charge on any atom is -0.495 e. The van der Waals surface area contributed by atoms with Gasteiger partial charge in [0.2, 0.25) is 0 Å². The van der Waals surface area contributed by atoms with Gasteiger partial charge in [0.15, 0.2) is 11.0 Å². The van der Waals surface area contributed by atoms with E-state index in [1.54, 1.807) is 31.4 Å². The minimum atomic E-state index is -0.399. The fourth-order valence-corrected chi connectivity index (χ4v) is 4.22. The number of nitro groups is 1. The Bertz CT molecular complexity index is 1230. The molecule has 0 aliphatic carbocycles. The van der Waals surface area contributed by atoms with E-state index in [1.807, 2.05) is 47.0 Å². The normalized spacial score (nSPS) is 10.8. The van der Waals surface area contributed by atoms with Crippen LogP contribution in [0.2, 0.25) is 5.02 Å². The highest BCUT2D eigenvalue weighted by Gasteiger charge is 2.18. The summed E-state index contributed by atoms with van der Waals surface area (Å²) in [6.07, 6.45) is 0. The van der Waals surface area contributed by atoms with Crippen LogP contribution in [0.5, 0.6) is 5.75 Å². The Morgan fingerprint density at radius 1 is 1.06 bits per heavy atom. The third-order valence-electron chi connectivity index (χ3n) is 4.55. The molecule has 0 spiro atoms. The molecule has 31 heavy (non-hydrogen) atoms. The fraction of sp³-hybridized carbons (Fsp3) is 0.0909. The molecule has 1 heterocycles. The number of ether oxygens (including phenoxy) is 1. The Labute approximate surface area is 187 Å². The molecule has 0 unspecified atom stereocenters. The number of methoxy groups -OCH3 is 1. The van der Waals surface area contributed by atoms with Gasteiger partial charge in [-0.25, -0.2) is 0 Å². The number of thioether (sulfide) groups is 1. The van der Waals surface area contributed by atoms with Crippen LogP contribution in [0.15, 0.2) is 78.0 Å². The molecule has 0 atom stereocenters. The van der Waals surface area contributed by atoms with Crippen LogP contribution in [-0.2, 0) is 5.75 Å². The molecule has 0 saturated heterocycles. The van der Waals surface area contributed by atoms with E-state index in [0.29, 0.717) is 27.5 Å². The SMILES string of the molecule is COc1ccc(-n2c(SCc3cccc([N+](=O)[O-])c3)nnc2-c2ccccc2)cc1Cl. The smallest absolute Gasteiger partial charge is 0.269 e. The maximum absolute atomic E-state index is 11.1. The van der Waals surface area contributed by atoms with E-state index < -0.39 is 4.92 Å². The van der Waals surface area contributed by atoms with E-state index in [2.05, 4.69) is 10.2 Å². The molecule has 0 fully saturated rings. The molecule has 0 aliphatic heterocycles. The van der Waals surface area contributed by atoms with E-state index >= 15 is 0 Å². The number of rotatable bonds is 7. The van der Waals surface area contributed by atoms with Gasteiger partial charge in [0.1, 0.15) is 5.75 Å². The standard InChI is InChI=1S/C22H17ClN4O3S/c1-30-20-11-10-17(13-19(20)23)26-21(16-7-3-2-4-8-16)24-25-22(26)31-14-15-6-5-9-18(12-15)27(28)29/h2-13H,14H2,1H3. The van der Waals surface area contributed by atoms with Gasteiger partial charge in [-0.15, -0.1) is 10.2 Å². The van der Waals surface area contributed by atoms with Crippen LogP contribution in [0.1, 0.15) is 5.56 Å². The second kappa shape index (κ2) is 9.20. The maximum atomic E-state index is 11.1. The summed E-state index contributed by atoms with van der Waals surface area (Å²) in [6, 6.07) is 21.8. The molecule has 7 nitrogen and oxygen atoms in total. The predicted octanol–water partition coefficient (Wildman–Crippen LogP) is 5.80. The van der Waals surface area contributed by atoms with Gasteiger partial charge >= 0.3 is 0 Å². The van der Waals surface area contributed by atoms with Gasteiger partial charge in [-0.3, -0.25) is 14.7 Å². The van der Waals surface area contributed by atoms with Crippen LogP contribution in [0.25, 0.3) is 17.1 Å². The van der Waals surface area contributed by atoms with Crippen LogP contribution in [0.3, 0.4) is 0 Å². The molecule has 0 bridgehead atoms. The van der Waals surface area contributed by atoms with Gasteiger partial charge in [-0.1, -0.05) is 65.8 Å². The van der Waals surface area contributed by atoms with Crippen molar-refractivity contribution in [1.82, 2.24) is 14.8 Å². The van der Waals surface area contributed by atoms with Crippen LogP contribution in [0.4, 0.5) is 5.69 Å². The number of halogens is 1. The monoisotopic (exact) mass is 452 g/mol. The molecule has 0 aliphatic rings. The van der Waals surface area contributed by atoms with E-state index in [9.17, 15) is 10.1 Å². The van der Waals surface area contributed by atoms with E-state index in [4.69, 9.17) is 16.3 Å². The van der Waals surface area contributed by atoms with Gasteiger partial charge < -0.3 is 4.74 Å². The number of benzene rings is 3. The molecule has 9 heteroatoms. The Hall–Kier alpha value is -3.36. The molecule has 4 rings (SSSR count). The summed E-state index contributed by atoms with van der Waals surface area (Å²) in [4.78, 5) is 10.7. The summed E-state index contributed by atoms with van der Waals surface area (Å²) in [6.45, 7) is 0. The van der Waals surface area contributed by atoms with Gasteiger partial charge in [0, 0.05) is 23.4 Å². The lowest BCUT2D eigenvalue weighted by molar-refractivity contribution is -0.384. The van der Waals surface area contributed by atoms with Crippen molar-refractivity contribution in [3.05, 3.63) is 93.5 Å². The minimum absolute atomic E-state index is 0.0616. The third kappa shape index (κ3) is 4.55. The zero-order chi connectivity index (χ0) is 21.8. The second-order valence-corrected chi connectivity index (χ2v) is 7.89. The van der Waals surface area contributed by atoms with Crippen LogP contribution < -0.4 is 4.74 Å². The first-order valence-electron chi connectivity index (χ1n) is 9.27. The number of nitrogens with zero attached hydrogens (tertiary/aromatic N) is 4. The second-order valence-electron chi connectivity index (χ2n) is 6.54. The number of hydrogen-bond donors (Lipinski definition) is 0. The highest BCUT2D eigenvalue weighted by Crippen LogP contribution is 2.33. The average molecular weight is 453 g/mol. The van der Waals surface area contributed by atoms with Crippen molar-refractivity contribution in [2.75, 3.05) is 7.11 Å². The predicted molar refractivity (Wildman–Crippen MR) is 121 cm³/mol. The Balaban J connectivity index is 1.73. The molecule has 1 aromatic heterocycles. The average Bonchev–Trinajstić information content (AvgIpc) is 3.22. The fourth-order valence-electron chi connectivity index (χ4n) is 3.07. The highest BCUT2D eigenvalue weighted by atomic mass is 35.5. The largest absolute Gasteiger partial charge is 0.495 e. The topological polar surface area (TPSA) is 83.1 Å². The Morgan fingerprint density at radius 2 is 1.87 bits per heavy atom. The molecular formula is C22H17ClN4O3S. The van der Waals surface area contributed by atoms with Crippen molar-refractivity contribution in [3.63, 3.8) is 0 Å². The van der Waals surface area contributed by atoms with Crippen molar-refractivity contribution < 1.29 is 9.66 Å². The molecule has 3 aromatic carbocycles. The van der Waals surface area contributed by atoms with E-state index in [1.165, 1.54) is 17.8 Å². The van der Waals surface area contributed by atoms with Crippen molar-refractivity contribution in [2.45, 2.75) is 10.9 Å². The van der Waals surface area contributed by atoms with Gasteiger partial charge in [0.25, 0.3) is 5.69 Å². The molecule has 156 valence electrons. The summed E-state index contributed by atoms with van der Waals surface area (Å²) in [5, 5.41) is 21.0. The lowest BCUT2D eigenvalue weighted by Crippen LogP contribution is -2.00. The summed E-state index contributed by atoms with van der Waals surface area (Å²) < 4.78 is 7.18. The highest BCUT2D eigenvalue weighted by molar-refractivity contribution is 7.98. The lowest BCUT2D eigenvalue weighted by atomic mass is 10.2. The van der Waals surface area contributed by atoms with Crippen molar-refractivity contribution in [3.8, 4) is 22.8 Å². The summed E-state index contributed by atoms with van der Waals surface area (Å²) in [5.41, 5.74) is 2.58. The van der Waals surface area contributed by atoms with Crippen molar-refractivity contribution >= 4 is 29.1 Å². The molecular weight excluding hydrogens is 436 g/mol. The summed E-state index contributed by atoms with van der Waals surface area (Å²) in [7, 11) is 1.56. The molecule has 0 saturated carbocycles. The number of nitro benzene ring substituents is 1. The molecule has 4 aromatic rings. The summed E-state index contributed by atoms with van der Waals surface area (Å²) >= 11 is 7.81. The number of aromatic nitrogens is 3. The zero-order valence-corrected chi connectivity index (χ0v) is 18.0.